The van der Waals surface area contributed by atoms with Crippen LogP contribution < -0.4 is 4.74 Å². The van der Waals surface area contributed by atoms with Crippen LogP contribution >= 0.6 is 23.2 Å². The number of aryl methyl sites for hydroxylation is 2. The molecule has 2 heterocycles. The van der Waals surface area contributed by atoms with Crippen molar-refractivity contribution in [2.45, 2.75) is 24.5 Å². The summed E-state index contributed by atoms with van der Waals surface area (Å²) in [7, 11) is -0.466. The summed E-state index contributed by atoms with van der Waals surface area (Å²) >= 11 is 12.4. The molecule has 1 saturated heterocycles. The molecule has 1 aromatic heterocycles. The van der Waals surface area contributed by atoms with Gasteiger partial charge in [0.05, 0.1) is 25.5 Å². The number of hydrogen-bond acceptors (Lipinski definition) is 6. The second-order valence-corrected chi connectivity index (χ2v) is 11.4. The van der Waals surface area contributed by atoms with Gasteiger partial charge in [-0.1, -0.05) is 47.5 Å². The van der Waals surface area contributed by atoms with Gasteiger partial charge in [-0.25, -0.2) is 8.42 Å². The molecule has 1 fully saturated rings. The number of methoxy groups -OCH3 is 1. The summed E-state index contributed by atoms with van der Waals surface area (Å²) < 4.78 is 41.2. The summed E-state index contributed by atoms with van der Waals surface area (Å²) in [6.45, 7) is 4.50. The molecule has 0 saturated carbocycles. The van der Waals surface area contributed by atoms with Crippen molar-refractivity contribution in [2.75, 3.05) is 39.8 Å². The van der Waals surface area contributed by atoms with E-state index in [2.05, 4.69) is 10.00 Å². The smallest absolute Gasteiger partial charge is 0.248 e. The number of hydrogen-bond donors (Lipinski definition) is 0. The second-order valence-electron chi connectivity index (χ2n) is 8.74. The Balaban J connectivity index is 1.46. The van der Waals surface area contributed by atoms with Crippen molar-refractivity contribution in [3.05, 3.63) is 75.5 Å². The van der Waals surface area contributed by atoms with E-state index in [1.165, 1.54) is 8.99 Å². The molecule has 0 bridgehead atoms. The minimum Gasteiger partial charge on any atom is -0.497 e. The van der Waals surface area contributed by atoms with Gasteiger partial charge < -0.3 is 9.47 Å². The molecule has 0 spiro atoms. The molecule has 194 valence electrons. The molecule has 0 unspecified atom stereocenters. The van der Waals surface area contributed by atoms with Crippen LogP contribution in [0.2, 0.25) is 10.2 Å². The van der Waals surface area contributed by atoms with Gasteiger partial charge in [0.2, 0.25) is 10.0 Å². The van der Waals surface area contributed by atoms with Crippen molar-refractivity contribution in [2.24, 2.45) is 7.05 Å². The topological polar surface area (TPSA) is 76.9 Å². The van der Waals surface area contributed by atoms with Crippen molar-refractivity contribution in [1.29, 1.82) is 0 Å². The molecular weight excluding hydrogens is 523 g/mol. The van der Waals surface area contributed by atoms with Crippen LogP contribution in [0.3, 0.4) is 0 Å². The number of nitrogens with zero attached hydrogens (tertiary/aromatic N) is 4. The molecule has 0 N–H and O–H groups in total. The van der Waals surface area contributed by atoms with Gasteiger partial charge in [-0.15, -0.1) is 0 Å². The number of halogens is 2. The maximum Gasteiger partial charge on any atom is 0.248 e. The Morgan fingerprint density at radius 1 is 1.06 bits per heavy atom. The highest BCUT2D eigenvalue weighted by molar-refractivity contribution is 7.89. The van der Waals surface area contributed by atoms with Crippen molar-refractivity contribution in [3.8, 4) is 5.75 Å². The second kappa shape index (κ2) is 11.5. The summed E-state index contributed by atoms with van der Waals surface area (Å²) in [4.78, 5) is 2.30. The fraction of sp³-hybridized carbons (Fsp3) is 0.400. The van der Waals surface area contributed by atoms with Crippen LogP contribution in [0.1, 0.15) is 22.9 Å². The third kappa shape index (κ3) is 6.04. The Labute approximate surface area is 222 Å². The standard InChI is InChI=1S/C25H30Cl2N4O4S/c1-18-24(25(27)29(2)28-18)36(32,33)31-12-10-30(11-13-31)16-23(20-7-5-9-22(15-20)34-3)35-17-19-6-4-8-21(26)14-19/h4-9,14-15,23H,10-13,16-17H2,1-3H3/t23-/m0/s1. The molecular formula is C25H30Cl2N4O4S. The zero-order valence-electron chi connectivity index (χ0n) is 20.5. The molecule has 1 atom stereocenters. The Kier molecular flexibility index (Phi) is 8.59. The van der Waals surface area contributed by atoms with Gasteiger partial charge in [0, 0.05) is 44.8 Å². The Bertz CT molecular complexity index is 1310. The van der Waals surface area contributed by atoms with E-state index in [1.54, 1.807) is 21.1 Å². The maximum absolute atomic E-state index is 13.3. The molecule has 3 aromatic rings. The molecule has 36 heavy (non-hydrogen) atoms. The highest BCUT2D eigenvalue weighted by Gasteiger charge is 2.34. The van der Waals surface area contributed by atoms with Crippen LogP contribution in [0, 0.1) is 6.92 Å². The predicted molar refractivity (Wildman–Crippen MR) is 140 cm³/mol. The SMILES string of the molecule is COc1cccc([C@H](CN2CCN(S(=O)(=O)c3c(C)nn(C)c3Cl)CC2)OCc2cccc(Cl)c2)c1. The first-order valence-electron chi connectivity index (χ1n) is 11.6. The molecule has 0 radical (unpaired) electrons. The van der Waals surface area contributed by atoms with Crippen LogP contribution in [0.5, 0.6) is 5.75 Å². The molecule has 1 aliphatic rings. The lowest BCUT2D eigenvalue weighted by Crippen LogP contribution is -2.49. The minimum absolute atomic E-state index is 0.0826. The average Bonchev–Trinajstić information content (AvgIpc) is 3.13. The van der Waals surface area contributed by atoms with Gasteiger partial charge in [0.1, 0.15) is 15.8 Å². The molecule has 1 aliphatic heterocycles. The van der Waals surface area contributed by atoms with Gasteiger partial charge >= 0.3 is 0 Å². The summed E-state index contributed by atoms with van der Waals surface area (Å²) in [6.07, 6.45) is -0.239. The molecule has 8 nitrogen and oxygen atoms in total. The monoisotopic (exact) mass is 552 g/mol. The van der Waals surface area contributed by atoms with Gasteiger partial charge in [-0.05, 0) is 42.3 Å². The van der Waals surface area contributed by atoms with E-state index in [0.717, 1.165) is 16.9 Å². The van der Waals surface area contributed by atoms with Gasteiger partial charge in [-0.2, -0.15) is 9.40 Å². The third-order valence-corrected chi connectivity index (χ3v) is 9.09. The number of benzene rings is 2. The first-order chi connectivity index (χ1) is 17.2. The third-order valence-electron chi connectivity index (χ3n) is 6.26. The largest absolute Gasteiger partial charge is 0.497 e. The predicted octanol–water partition coefficient (Wildman–Crippen LogP) is 4.31. The first kappa shape index (κ1) is 26.9. The van der Waals surface area contributed by atoms with Crippen molar-refractivity contribution < 1.29 is 17.9 Å². The molecule has 0 amide bonds. The summed E-state index contributed by atoms with van der Waals surface area (Å²) in [5.41, 5.74) is 2.37. The Morgan fingerprint density at radius 3 is 2.42 bits per heavy atom. The van der Waals surface area contributed by atoms with E-state index in [-0.39, 0.29) is 16.2 Å². The van der Waals surface area contributed by atoms with Crippen LogP contribution in [0.4, 0.5) is 0 Å². The quantitative estimate of drug-likeness (QED) is 0.393. The minimum atomic E-state index is -3.73. The van der Waals surface area contributed by atoms with E-state index in [1.807, 2.05) is 48.5 Å². The Hall–Kier alpha value is -2.14. The van der Waals surface area contributed by atoms with E-state index in [4.69, 9.17) is 32.7 Å². The average molecular weight is 554 g/mol. The highest BCUT2D eigenvalue weighted by atomic mass is 35.5. The lowest BCUT2D eigenvalue weighted by molar-refractivity contribution is 0.00763. The summed E-state index contributed by atoms with van der Waals surface area (Å²) in [6, 6.07) is 15.4. The zero-order valence-corrected chi connectivity index (χ0v) is 22.9. The van der Waals surface area contributed by atoms with Gasteiger partial charge in [-0.3, -0.25) is 9.58 Å². The molecule has 2 aromatic carbocycles. The molecule has 4 rings (SSSR count). The maximum atomic E-state index is 13.3. The lowest BCUT2D eigenvalue weighted by atomic mass is 10.1. The van der Waals surface area contributed by atoms with E-state index >= 15 is 0 Å². The fourth-order valence-electron chi connectivity index (χ4n) is 4.34. The van der Waals surface area contributed by atoms with Crippen LogP contribution in [0.25, 0.3) is 0 Å². The highest BCUT2D eigenvalue weighted by Crippen LogP contribution is 2.29. The van der Waals surface area contributed by atoms with Crippen LogP contribution in [-0.4, -0.2) is 67.2 Å². The van der Waals surface area contributed by atoms with E-state index in [0.29, 0.717) is 50.0 Å². The first-order valence-corrected chi connectivity index (χ1v) is 13.8. The Morgan fingerprint density at radius 2 is 1.78 bits per heavy atom. The van der Waals surface area contributed by atoms with Crippen molar-refractivity contribution >= 4 is 33.2 Å². The van der Waals surface area contributed by atoms with Crippen molar-refractivity contribution in [3.63, 3.8) is 0 Å². The number of piperazine rings is 1. The van der Waals surface area contributed by atoms with Crippen molar-refractivity contribution in [1.82, 2.24) is 19.0 Å². The van der Waals surface area contributed by atoms with Gasteiger partial charge in [0.25, 0.3) is 0 Å². The van der Waals surface area contributed by atoms with Crippen LogP contribution in [0.15, 0.2) is 53.4 Å². The normalized spacial score (nSPS) is 16.2. The number of ether oxygens (including phenoxy) is 2. The number of sulfonamides is 1. The number of aromatic nitrogens is 2. The van der Waals surface area contributed by atoms with E-state index in [9.17, 15) is 8.42 Å². The summed E-state index contributed by atoms with van der Waals surface area (Å²) in [5.74, 6) is 0.753. The lowest BCUT2D eigenvalue weighted by Gasteiger charge is -2.35. The van der Waals surface area contributed by atoms with Crippen LogP contribution in [-0.2, 0) is 28.4 Å². The van der Waals surface area contributed by atoms with E-state index < -0.39 is 10.0 Å². The fourth-order valence-corrected chi connectivity index (χ4v) is 6.68. The molecule has 11 heteroatoms. The zero-order chi connectivity index (χ0) is 25.9. The molecule has 0 aliphatic carbocycles. The number of rotatable bonds is 9. The summed E-state index contributed by atoms with van der Waals surface area (Å²) in [5, 5.41) is 4.95. The van der Waals surface area contributed by atoms with Gasteiger partial charge in [0.15, 0.2) is 0 Å².